The minimum atomic E-state index is -0.373. The van der Waals surface area contributed by atoms with Crippen LogP contribution in [0.25, 0.3) is 0 Å². The van der Waals surface area contributed by atoms with Crippen LogP contribution in [0.15, 0.2) is 18.2 Å². The fourth-order valence-corrected chi connectivity index (χ4v) is 2.08. The highest BCUT2D eigenvalue weighted by molar-refractivity contribution is 5.95. The van der Waals surface area contributed by atoms with Gasteiger partial charge in [-0.1, -0.05) is 6.07 Å². The Labute approximate surface area is 100 Å². The van der Waals surface area contributed by atoms with E-state index in [-0.39, 0.29) is 17.8 Å². The minimum Gasteiger partial charge on any atom is -0.348 e. The van der Waals surface area contributed by atoms with Crippen LogP contribution in [0.4, 0.5) is 4.39 Å². The molecule has 92 valence electrons. The number of halogens is 1. The molecule has 17 heavy (non-hydrogen) atoms. The third-order valence-corrected chi connectivity index (χ3v) is 3.08. The lowest BCUT2D eigenvalue weighted by atomic mass is 10.0. The molecule has 0 bridgehead atoms. The van der Waals surface area contributed by atoms with Crippen LogP contribution >= 0.6 is 0 Å². The van der Waals surface area contributed by atoms with Crippen molar-refractivity contribution in [2.75, 3.05) is 13.1 Å². The zero-order valence-corrected chi connectivity index (χ0v) is 9.92. The van der Waals surface area contributed by atoms with Crippen molar-refractivity contribution in [2.24, 2.45) is 0 Å². The second-order valence-corrected chi connectivity index (χ2v) is 4.48. The molecule has 2 N–H and O–H groups in total. The van der Waals surface area contributed by atoms with Crippen molar-refractivity contribution in [3.05, 3.63) is 35.1 Å². The van der Waals surface area contributed by atoms with Crippen LogP contribution < -0.4 is 10.6 Å². The van der Waals surface area contributed by atoms with E-state index in [9.17, 15) is 9.18 Å². The summed E-state index contributed by atoms with van der Waals surface area (Å²) in [6.45, 7) is 3.61. The van der Waals surface area contributed by atoms with Crippen LogP contribution in [0.1, 0.15) is 28.8 Å². The van der Waals surface area contributed by atoms with E-state index in [2.05, 4.69) is 10.6 Å². The largest absolute Gasteiger partial charge is 0.348 e. The van der Waals surface area contributed by atoms with Crippen LogP contribution in [-0.4, -0.2) is 25.0 Å². The quantitative estimate of drug-likeness (QED) is 0.819. The van der Waals surface area contributed by atoms with Gasteiger partial charge in [-0.2, -0.15) is 0 Å². The average molecular weight is 236 g/mol. The van der Waals surface area contributed by atoms with E-state index in [0.29, 0.717) is 5.56 Å². The number of carbonyl (C=O) groups is 1. The standard InChI is InChI=1S/C13H17FN2O/c1-9-4-5-10(14)7-12(9)13(17)16-11-3-2-6-15-8-11/h4-5,7,11,15H,2-3,6,8H2,1H3,(H,16,17)/t11-/m0/s1. The zero-order valence-electron chi connectivity index (χ0n) is 9.92. The summed E-state index contributed by atoms with van der Waals surface area (Å²) < 4.78 is 13.1. The Morgan fingerprint density at radius 2 is 2.35 bits per heavy atom. The molecule has 0 saturated carbocycles. The summed E-state index contributed by atoms with van der Waals surface area (Å²) >= 11 is 0. The molecule has 0 radical (unpaired) electrons. The molecule has 1 saturated heterocycles. The average Bonchev–Trinajstić information content (AvgIpc) is 2.33. The van der Waals surface area contributed by atoms with E-state index >= 15 is 0 Å². The molecule has 1 atom stereocenters. The molecular formula is C13H17FN2O. The lowest BCUT2D eigenvalue weighted by Crippen LogP contribution is -2.45. The van der Waals surface area contributed by atoms with Gasteiger partial charge in [0.2, 0.25) is 0 Å². The van der Waals surface area contributed by atoms with Gasteiger partial charge >= 0.3 is 0 Å². The number of nitrogens with one attached hydrogen (secondary N) is 2. The van der Waals surface area contributed by atoms with Crippen molar-refractivity contribution in [3.63, 3.8) is 0 Å². The number of rotatable bonds is 2. The first-order valence-electron chi connectivity index (χ1n) is 5.94. The second-order valence-electron chi connectivity index (χ2n) is 4.48. The number of benzene rings is 1. The third kappa shape index (κ3) is 3.03. The molecule has 3 nitrogen and oxygen atoms in total. The fraction of sp³-hybridized carbons (Fsp3) is 0.462. The number of aryl methyl sites for hydroxylation is 1. The molecule has 1 aliphatic heterocycles. The molecule has 1 aromatic rings. The molecule has 0 spiro atoms. The van der Waals surface area contributed by atoms with Gasteiger partial charge in [-0.25, -0.2) is 4.39 Å². The lowest BCUT2D eigenvalue weighted by molar-refractivity contribution is 0.0929. The van der Waals surface area contributed by atoms with E-state index in [1.165, 1.54) is 12.1 Å². The number of amides is 1. The molecule has 1 aromatic carbocycles. The molecule has 1 amide bonds. The van der Waals surface area contributed by atoms with Gasteiger partial charge in [-0.3, -0.25) is 4.79 Å². The molecule has 0 aliphatic carbocycles. The Kier molecular flexibility index (Phi) is 3.74. The molecule has 1 heterocycles. The van der Waals surface area contributed by atoms with Crippen molar-refractivity contribution < 1.29 is 9.18 Å². The summed E-state index contributed by atoms with van der Waals surface area (Å²) in [7, 11) is 0. The Morgan fingerprint density at radius 3 is 3.06 bits per heavy atom. The van der Waals surface area contributed by atoms with Crippen molar-refractivity contribution >= 4 is 5.91 Å². The van der Waals surface area contributed by atoms with Crippen LogP contribution in [-0.2, 0) is 0 Å². The van der Waals surface area contributed by atoms with E-state index < -0.39 is 0 Å². The molecule has 1 aliphatic rings. The number of hydrogen-bond acceptors (Lipinski definition) is 2. The summed E-state index contributed by atoms with van der Waals surface area (Å²) in [5.74, 6) is -0.557. The molecule has 0 aromatic heterocycles. The maximum atomic E-state index is 13.1. The maximum Gasteiger partial charge on any atom is 0.251 e. The van der Waals surface area contributed by atoms with Crippen LogP contribution in [0.3, 0.4) is 0 Å². The molecule has 0 unspecified atom stereocenters. The van der Waals surface area contributed by atoms with Gasteiger partial charge in [-0.05, 0) is 44.0 Å². The molecule has 2 rings (SSSR count). The topological polar surface area (TPSA) is 41.1 Å². The van der Waals surface area contributed by atoms with E-state index in [0.717, 1.165) is 31.5 Å². The fourth-order valence-electron chi connectivity index (χ4n) is 2.08. The normalized spacial score (nSPS) is 20.0. The van der Waals surface area contributed by atoms with Gasteiger partial charge < -0.3 is 10.6 Å². The zero-order chi connectivity index (χ0) is 12.3. The third-order valence-electron chi connectivity index (χ3n) is 3.08. The number of hydrogen-bond donors (Lipinski definition) is 2. The minimum absolute atomic E-state index is 0.152. The molecular weight excluding hydrogens is 219 g/mol. The Morgan fingerprint density at radius 1 is 1.53 bits per heavy atom. The molecule has 4 heteroatoms. The van der Waals surface area contributed by atoms with Crippen LogP contribution in [0.2, 0.25) is 0 Å². The predicted molar refractivity (Wildman–Crippen MR) is 64.5 cm³/mol. The molecule has 1 fully saturated rings. The highest BCUT2D eigenvalue weighted by Gasteiger charge is 2.17. The lowest BCUT2D eigenvalue weighted by Gasteiger charge is -2.24. The summed E-state index contributed by atoms with van der Waals surface area (Å²) in [5.41, 5.74) is 1.23. The van der Waals surface area contributed by atoms with Gasteiger partial charge in [0.1, 0.15) is 5.82 Å². The van der Waals surface area contributed by atoms with Crippen molar-refractivity contribution in [2.45, 2.75) is 25.8 Å². The first-order valence-corrected chi connectivity index (χ1v) is 5.94. The van der Waals surface area contributed by atoms with Gasteiger partial charge in [0.15, 0.2) is 0 Å². The predicted octanol–water partition coefficient (Wildman–Crippen LogP) is 1.62. The highest BCUT2D eigenvalue weighted by atomic mass is 19.1. The van der Waals surface area contributed by atoms with Crippen LogP contribution in [0, 0.1) is 12.7 Å². The summed E-state index contributed by atoms with van der Waals surface area (Å²) in [6, 6.07) is 4.44. The van der Waals surface area contributed by atoms with Gasteiger partial charge in [0, 0.05) is 18.2 Å². The van der Waals surface area contributed by atoms with E-state index in [1.807, 2.05) is 6.92 Å². The van der Waals surface area contributed by atoms with Gasteiger partial charge in [-0.15, -0.1) is 0 Å². The van der Waals surface area contributed by atoms with E-state index in [1.54, 1.807) is 6.07 Å². The summed E-state index contributed by atoms with van der Waals surface area (Å²) in [5, 5.41) is 6.16. The smallest absolute Gasteiger partial charge is 0.251 e. The highest BCUT2D eigenvalue weighted by Crippen LogP contribution is 2.11. The Hall–Kier alpha value is -1.42. The first kappa shape index (κ1) is 12.0. The number of carbonyl (C=O) groups excluding carboxylic acids is 1. The van der Waals surface area contributed by atoms with Gasteiger partial charge in [0.25, 0.3) is 5.91 Å². The second kappa shape index (κ2) is 5.27. The Balaban J connectivity index is 2.05. The SMILES string of the molecule is Cc1ccc(F)cc1C(=O)N[C@H]1CCCNC1. The summed E-state index contributed by atoms with van der Waals surface area (Å²) in [4.78, 5) is 12.0. The van der Waals surface area contributed by atoms with Crippen molar-refractivity contribution in [3.8, 4) is 0 Å². The van der Waals surface area contributed by atoms with Crippen LogP contribution in [0.5, 0.6) is 0 Å². The number of piperidine rings is 1. The Bertz CT molecular complexity index is 414. The van der Waals surface area contributed by atoms with E-state index in [4.69, 9.17) is 0 Å². The maximum absolute atomic E-state index is 13.1. The van der Waals surface area contributed by atoms with Crippen molar-refractivity contribution in [1.82, 2.24) is 10.6 Å². The summed E-state index contributed by atoms with van der Waals surface area (Å²) in [6.07, 6.45) is 2.04. The van der Waals surface area contributed by atoms with Crippen molar-refractivity contribution in [1.29, 1.82) is 0 Å². The monoisotopic (exact) mass is 236 g/mol. The first-order chi connectivity index (χ1) is 8.16. The van der Waals surface area contributed by atoms with Gasteiger partial charge in [0.05, 0.1) is 0 Å².